The Kier molecular flexibility index (Phi) is 4.87. The largest absolute Gasteiger partial charge is 0.398 e. The monoisotopic (exact) mass is 308 g/mol. The molecule has 6 heteroatoms. The number of para-hydroxylation sites is 1. The zero-order chi connectivity index (χ0) is 14.5. The van der Waals surface area contributed by atoms with E-state index in [1.165, 1.54) is 11.8 Å². The summed E-state index contributed by atoms with van der Waals surface area (Å²) in [5.74, 6) is 0. The van der Waals surface area contributed by atoms with Crippen LogP contribution in [0.3, 0.4) is 0 Å². The van der Waals surface area contributed by atoms with Crippen LogP contribution in [-0.4, -0.2) is 11.5 Å². The van der Waals surface area contributed by atoms with Crippen molar-refractivity contribution >= 4 is 29.1 Å². The van der Waals surface area contributed by atoms with Gasteiger partial charge in [0.05, 0.1) is 5.25 Å². The molecule has 0 bridgehead atoms. The first-order valence-electron chi connectivity index (χ1n) is 5.94. The minimum Gasteiger partial charge on any atom is -0.398 e. The molecular weight excluding hydrogens is 296 g/mol. The number of halogens is 1. The van der Waals surface area contributed by atoms with Crippen molar-refractivity contribution in [2.75, 3.05) is 12.3 Å². The summed E-state index contributed by atoms with van der Waals surface area (Å²) in [6.45, 7) is -0.166. The van der Waals surface area contributed by atoms with Gasteiger partial charge >= 0.3 is 0 Å². The summed E-state index contributed by atoms with van der Waals surface area (Å²) in [7, 11) is 0. The average molecular weight is 309 g/mol. The van der Waals surface area contributed by atoms with Crippen LogP contribution in [0, 0.1) is 10.1 Å². The lowest BCUT2D eigenvalue weighted by Crippen LogP contribution is -2.10. The van der Waals surface area contributed by atoms with Gasteiger partial charge in [-0.05, 0) is 29.8 Å². The van der Waals surface area contributed by atoms with E-state index < -0.39 is 0 Å². The Morgan fingerprint density at radius 3 is 2.45 bits per heavy atom. The Morgan fingerprint density at radius 1 is 1.20 bits per heavy atom. The van der Waals surface area contributed by atoms with Crippen LogP contribution in [0.2, 0.25) is 5.02 Å². The highest BCUT2D eigenvalue weighted by molar-refractivity contribution is 7.99. The van der Waals surface area contributed by atoms with Crippen LogP contribution in [0.25, 0.3) is 0 Å². The van der Waals surface area contributed by atoms with Crippen LogP contribution in [0.1, 0.15) is 10.8 Å². The Labute approximate surface area is 126 Å². The first kappa shape index (κ1) is 14.7. The second-order valence-corrected chi connectivity index (χ2v) is 5.89. The highest BCUT2D eigenvalue weighted by atomic mass is 35.5. The summed E-state index contributed by atoms with van der Waals surface area (Å²) >= 11 is 7.24. The fourth-order valence-corrected chi connectivity index (χ4v) is 3.05. The Morgan fingerprint density at radius 2 is 1.85 bits per heavy atom. The predicted octanol–water partition coefficient (Wildman–Crippen LogP) is 4.03. The highest BCUT2D eigenvalue weighted by Crippen LogP contribution is 2.38. The van der Waals surface area contributed by atoms with Gasteiger partial charge in [-0.25, -0.2) is 0 Å². The minimum absolute atomic E-state index is 0.166. The van der Waals surface area contributed by atoms with Gasteiger partial charge in [-0.2, -0.15) is 0 Å². The molecule has 2 aromatic rings. The lowest BCUT2D eigenvalue weighted by atomic mass is 10.1. The normalized spacial score (nSPS) is 12.1. The number of hydrogen-bond donors (Lipinski definition) is 1. The smallest absolute Gasteiger partial charge is 0.220 e. The maximum atomic E-state index is 10.9. The van der Waals surface area contributed by atoms with Crippen LogP contribution in [0.5, 0.6) is 0 Å². The van der Waals surface area contributed by atoms with E-state index in [2.05, 4.69) is 0 Å². The molecule has 0 radical (unpaired) electrons. The summed E-state index contributed by atoms with van der Waals surface area (Å²) in [6, 6.07) is 14.4. The van der Waals surface area contributed by atoms with Crippen LogP contribution in [0.4, 0.5) is 5.69 Å². The summed E-state index contributed by atoms with van der Waals surface area (Å²) in [5, 5.41) is 11.2. The summed E-state index contributed by atoms with van der Waals surface area (Å²) in [4.78, 5) is 11.4. The average Bonchev–Trinajstić information content (AvgIpc) is 2.41. The van der Waals surface area contributed by atoms with Crippen molar-refractivity contribution < 1.29 is 4.92 Å². The molecule has 0 amide bonds. The molecule has 1 unspecified atom stereocenters. The number of anilines is 1. The van der Waals surface area contributed by atoms with E-state index >= 15 is 0 Å². The van der Waals surface area contributed by atoms with Gasteiger partial charge in [0.25, 0.3) is 0 Å². The van der Waals surface area contributed by atoms with Crippen molar-refractivity contribution in [2.45, 2.75) is 10.1 Å². The fraction of sp³-hybridized carbons (Fsp3) is 0.143. The summed E-state index contributed by atoms with van der Waals surface area (Å²) < 4.78 is 0. The Hall–Kier alpha value is -1.72. The van der Waals surface area contributed by atoms with Crippen LogP contribution in [0.15, 0.2) is 53.4 Å². The molecule has 0 aliphatic carbocycles. The van der Waals surface area contributed by atoms with E-state index in [-0.39, 0.29) is 16.7 Å². The molecule has 2 rings (SSSR count). The molecule has 2 N–H and O–H groups in total. The predicted molar refractivity (Wildman–Crippen MR) is 82.8 cm³/mol. The number of hydrogen-bond acceptors (Lipinski definition) is 4. The molecule has 0 saturated carbocycles. The van der Waals surface area contributed by atoms with Crippen molar-refractivity contribution in [3.63, 3.8) is 0 Å². The van der Waals surface area contributed by atoms with Gasteiger partial charge in [0.1, 0.15) is 0 Å². The second kappa shape index (κ2) is 6.63. The molecule has 1 atom stereocenters. The van der Waals surface area contributed by atoms with Gasteiger partial charge in [-0.15, -0.1) is 11.8 Å². The Bertz CT molecular complexity index is 604. The molecule has 0 saturated heterocycles. The topological polar surface area (TPSA) is 69.2 Å². The van der Waals surface area contributed by atoms with Gasteiger partial charge in [0.2, 0.25) is 6.54 Å². The van der Waals surface area contributed by atoms with E-state index in [4.69, 9.17) is 17.3 Å². The van der Waals surface area contributed by atoms with Gasteiger partial charge < -0.3 is 5.73 Å². The lowest BCUT2D eigenvalue weighted by Gasteiger charge is -2.14. The van der Waals surface area contributed by atoms with Crippen molar-refractivity contribution in [1.82, 2.24) is 0 Å². The molecule has 0 aromatic heterocycles. The number of thioether (sulfide) groups is 1. The van der Waals surface area contributed by atoms with E-state index in [1.54, 1.807) is 18.2 Å². The molecule has 20 heavy (non-hydrogen) atoms. The quantitative estimate of drug-likeness (QED) is 0.392. The number of nitrogens with zero attached hydrogens (tertiary/aromatic N) is 1. The SMILES string of the molecule is Nc1ccccc1SC(C[N+](=O)[O-])c1ccc(Cl)cc1. The summed E-state index contributed by atoms with van der Waals surface area (Å²) in [6.07, 6.45) is 0. The fourth-order valence-electron chi connectivity index (χ4n) is 1.76. The van der Waals surface area contributed by atoms with E-state index in [1.807, 2.05) is 30.3 Å². The Balaban J connectivity index is 2.26. The van der Waals surface area contributed by atoms with Gasteiger partial charge in [-0.3, -0.25) is 10.1 Å². The third-order valence-corrected chi connectivity index (χ3v) is 4.33. The third kappa shape index (κ3) is 3.88. The highest BCUT2D eigenvalue weighted by Gasteiger charge is 2.20. The maximum Gasteiger partial charge on any atom is 0.220 e. The third-order valence-electron chi connectivity index (χ3n) is 2.74. The van der Waals surface area contributed by atoms with Crippen LogP contribution < -0.4 is 5.73 Å². The lowest BCUT2D eigenvalue weighted by molar-refractivity contribution is -0.479. The van der Waals surface area contributed by atoms with Crippen molar-refractivity contribution in [2.24, 2.45) is 0 Å². The van der Waals surface area contributed by atoms with E-state index in [9.17, 15) is 10.1 Å². The molecule has 104 valence electrons. The van der Waals surface area contributed by atoms with Crippen molar-refractivity contribution in [1.29, 1.82) is 0 Å². The van der Waals surface area contributed by atoms with Gasteiger partial charge in [0, 0.05) is 20.5 Å². The standard InChI is InChI=1S/C14H13ClN2O2S/c15-11-7-5-10(6-8-11)14(9-17(18)19)20-13-4-2-1-3-12(13)16/h1-8,14H,9,16H2. The van der Waals surface area contributed by atoms with Crippen LogP contribution >= 0.6 is 23.4 Å². The number of nitro groups is 1. The minimum atomic E-state index is -0.314. The summed E-state index contributed by atoms with van der Waals surface area (Å²) in [5.41, 5.74) is 7.38. The molecule has 0 aliphatic rings. The van der Waals surface area contributed by atoms with E-state index in [0.717, 1.165) is 10.5 Å². The zero-order valence-electron chi connectivity index (χ0n) is 10.5. The number of nitrogen functional groups attached to an aromatic ring is 1. The van der Waals surface area contributed by atoms with Crippen molar-refractivity contribution in [3.05, 3.63) is 69.2 Å². The van der Waals surface area contributed by atoms with Crippen LogP contribution in [-0.2, 0) is 0 Å². The van der Waals surface area contributed by atoms with Gasteiger partial charge in [-0.1, -0.05) is 35.9 Å². The first-order chi connectivity index (χ1) is 9.56. The first-order valence-corrected chi connectivity index (χ1v) is 7.20. The molecule has 0 heterocycles. The zero-order valence-corrected chi connectivity index (χ0v) is 12.1. The van der Waals surface area contributed by atoms with E-state index in [0.29, 0.717) is 10.7 Å². The molecular formula is C14H13ClN2O2S. The van der Waals surface area contributed by atoms with Crippen molar-refractivity contribution in [3.8, 4) is 0 Å². The molecule has 0 aliphatic heterocycles. The second-order valence-electron chi connectivity index (χ2n) is 4.21. The molecule has 0 spiro atoms. The molecule has 0 fully saturated rings. The number of nitrogens with two attached hydrogens (primary N) is 1. The molecule has 2 aromatic carbocycles. The van der Waals surface area contributed by atoms with Gasteiger partial charge in [0.15, 0.2) is 0 Å². The number of rotatable bonds is 5. The maximum absolute atomic E-state index is 10.9. The number of benzene rings is 2. The molecule has 4 nitrogen and oxygen atoms in total.